The fraction of sp³-hybridized carbons (Fsp3) is 1.00. The highest BCUT2D eigenvalue weighted by Crippen LogP contribution is 2.41. The van der Waals surface area contributed by atoms with Crippen molar-refractivity contribution in [3.05, 3.63) is 0 Å². The first-order valence-corrected chi connectivity index (χ1v) is 6.03. The van der Waals surface area contributed by atoms with E-state index in [1.807, 2.05) is 0 Å². The number of nitrogens with zero attached hydrogens (tertiary/aromatic N) is 1. The Kier molecular flexibility index (Phi) is 3.13. The molecule has 0 spiro atoms. The van der Waals surface area contributed by atoms with E-state index in [1.54, 1.807) is 0 Å². The monoisotopic (exact) mass is 197 g/mol. The van der Waals surface area contributed by atoms with Gasteiger partial charge in [0.2, 0.25) is 0 Å². The molecule has 2 heteroatoms. The quantitative estimate of drug-likeness (QED) is 0.694. The number of rotatable bonds is 1. The lowest BCUT2D eigenvalue weighted by Gasteiger charge is -2.45. The van der Waals surface area contributed by atoms with E-state index in [-0.39, 0.29) is 6.10 Å². The molecule has 0 aromatic heterocycles. The Hall–Kier alpha value is -0.0800. The van der Waals surface area contributed by atoms with Crippen LogP contribution in [0.15, 0.2) is 0 Å². The molecule has 2 aliphatic carbocycles. The highest BCUT2D eigenvalue weighted by Gasteiger charge is 2.38. The van der Waals surface area contributed by atoms with Gasteiger partial charge in [0.15, 0.2) is 0 Å². The van der Waals surface area contributed by atoms with Crippen molar-refractivity contribution in [3.8, 4) is 0 Å². The molecule has 2 saturated carbocycles. The first kappa shape index (κ1) is 10.4. The van der Waals surface area contributed by atoms with Crippen molar-refractivity contribution in [1.82, 2.24) is 4.90 Å². The summed E-state index contributed by atoms with van der Waals surface area (Å²) in [5.74, 6) is 1.67. The van der Waals surface area contributed by atoms with Crippen LogP contribution in [0, 0.1) is 11.8 Å². The van der Waals surface area contributed by atoms with Gasteiger partial charge in [0, 0.05) is 6.04 Å². The molecular formula is C12H23NO. The minimum absolute atomic E-state index is 0.0169. The van der Waals surface area contributed by atoms with Crippen LogP contribution in [0.1, 0.15) is 38.5 Å². The van der Waals surface area contributed by atoms with Gasteiger partial charge in [0.1, 0.15) is 0 Å². The molecule has 0 aliphatic heterocycles. The standard InChI is InChI=1S/C12H23NO/c1-13(2)12-5-3-4-9-6-7-10(14)8-11(9)12/h9-12,14H,3-8H2,1-2H3. The summed E-state index contributed by atoms with van der Waals surface area (Å²) in [5.41, 5.74) is 0. The molecule has 4 unspecified atom stereocenters. The van der Waals surface area contributed by atoms with Crippen LogP contribution in [0.3, 0.4) is 0 Å². The van der Waals surface area contributed by atoms with E-state index in [2.05, 4.69) is 19.0 Å². The second kappa shape index (κ2) is 4.19. The van der Waals surface area contributed by atoms with Crippen LogP contribution in [-0.2, 0) is 0 Å². The molecule has 82 valence electrons. The van der Waals surface area contributed by atoms with E-state index in [4.69, 9.17) is 0 Å². The molecule has 2 nitrogen and oxygen atoms in total. The lowest BCUT2D eigenvalue weighted by molar-refractivity contribution is 0.00581. The molecule has 1 N–H and O–H groups in total. The Morgan fingerprint density at radius 2 is 1.86 bits per heavy atom. The number of hydrogen-bond donors (Lipinski definition) is 1. The molecule has 0 aromatic carbocycles. The maximum atomic E-state index is 9.73. The summed E-state index contributed by atoms with van der Waals surface area (Å²) in [7, 11) is 4.38. The lowest BCUT2D eigenvalue weighted by atomic mass is 9.67. The largest absolute Gasteiger partial charge is 0.393 e. The van der Waals surface area contributed by atoms with Crippen molar-refractivity contribution in [2.24, 2.45) is 11.8 Å². The summed E-state index contributed by atoms with van der Waals surface area (Å²) in [5, 5.41) is 9.73. The average Bonchev–Trinajstić information content (AvgIpc) is 2.16. The van der Waals surface area contributed by atoms with Crippen molar-refractivity contribution in [2.45, 2.75) is 50.7 Å². The molecule has 0 amide bonds. The number of aliphatic hydroxyl groups excluding tert-OH is 1. The molecule has 2 rings (SSSR count). The Morgan fingerprint density at radius 1 is 1.07 bits per heavy atom. The van der Waals surface area contributed by atoms with Crippen LogP contribution in [0.25, 0.3) is 0 Å². The summed E-state index contributed by atoms with van der Waals surface area (Å²) in [6, 6.07) is 0.726. The van der Waals surface area contributed by atoms with Gasteiger partial charge >= 0.3 is 0 Å². The molecule has 2 aliphatic rings. The molecule has 0 heterocycles. The molecule has 0 bridgehead atoms. The predicted octanol–water partition coefficient (Wildman–Crippen LogP) is 1.88. The normalized spacial score (nSPS) is 43.7. The van der Waals surface area contributed by atoms with Crippen LogP contribution in [0.2, 0.25) is 0 Å². The molecule has 2 fully saturated rings. The van der Waals surface area contributed by atoms with Gasteiger partial charge in [-0.1, -0.05) is 12.8 Å². The van der Waals surface area contributed by atoms with E-state index in [0.717, 1.165) is 30.7 Å². The maximum Gasteiger partial charge on any atom is 0.0543 e. The Labute approximate surface area is 87.3 Å². The fourth-order valence-corrected chi connectivity index (χ4v) is 3.52. The van der Waals surface area contributed by atoms with Crippen LogP contribution in [0.4, 0.5) is 0 Å². The minimum Gasteiger partial charge on any atom is -0.393 e. The molecule has 14 heavy (non-hydrogen) atoms. The van der Waals surface area contributed by atoms with Gasteiger partial charge in [0.05, 0.1) is 6.10 Å². The second-order valence-electron chi connectivity index (χ2n) is 5.35. The van der Waals surface area contributed by atoms with E-state index >= 15 is 0 Å². The van der Waals surface area contributed by atoms with Gasteiger partial charge in [-0.25, -0.2) is 0 Å². The van der Waals surface area contributed by atoms with Gasteiger partial charge in [-0.15, -0.1) is 0 Å². The summed E-state index contributed by atoms with van der Waals surface area (Å²) >= 11 is 0. The van der Waals surface area contributed by atoms with Crippen molar-refractivity contribution in [2.75, 3.05) is 14.1 Å². The molecule has 0 saturated heterocycles. The van der Waals surface area contributed by atoms with Crippen molar-refractivity contribution < 1.29 is 5.11 Å². The van der Waals surface area contributed by atoms with Gasteiger partial charge in [-0.2, -0.15) is 0 Å². The zero-order valence-electron chi connectivity index (χ0n) is 9.45. The van der Waals surface area contributed by atoms with Crippen molar-refractivity contribution in [3.63, 3.8) is 0 Å². The molecular weight excluding hydrogens is 174 g/mol. The van der Waals surface area contributed by atoms with Crippen molar-refractivity contribution >= 4 is 0 Å². The van der Waals surface area contributed by atoms with Gasteiger partial charge in [0.25, 0.3) is 0 Å². The van der Waals surface area contributed by atoms with E-state index in [0.29, 0.717) is 0 Å². The van der Waals surface area contributed by atoms with Gasteiger partial charge < -0.3 is 10.0 Å². The smallest absolute Gasteiger partial charge is 0.0543 e. The Balaban J connectivity index is 2.04. The SMILES string of the molecule is CN(C)C1CCCC2CCC(O)CC21. The Morgan fingerprint density at radius 3 is 2.57 bits per heavy atom. The van der Waals surface area contributed by atoms with Crippen LogP contribution < -0.4 is 0 Å². The third kappa shape index (κ3) is 1.96. The van der Waals surface area contributed by atoms with Crippen molar-refractivity contribution in [1.29, 1.82) is 0 Å². The van der Waals surface area contributed by atoms with E-state index in [1.165, 1.54) is 25.7 Å². The topological polar surface area (TPSA) is 23.5 Å². The van der Waals surface area contributed by atoms with E-state index < -0.39 is 0 Å². The highest BCUT2D eigenvalue weighted by atomic mass is 16.3. The summed E-state index contributed by atoms with van der Waals surface area (Å²) < 4.78 is 0. The average molecular weight is 197 g/mol. The summed E-state index contributed by atoms with van der Waals surface area (Å²) in [6.07, 6.45) is 7.46. The minimum atomic E-state index is -0.0169. The first-order chi connectivity index (χ1) is 6.68. The van der Waals surface area contributed by atoms with E-state index in [9.17, 15) is 5.11 Å². The van der Waals surface area contributed by atoms with Crippen LogP contribution in [0.5, 0.6) is 0 Å². The van der Waals surface area contributed by atoms with Crippen LogP contribution in [-0.4, -0.2) is 36.2 Å². The Bertz CT molecular complexity index is 193. The fourth-order valence-electron chi connectivity index (χ4n) is 3.52. The summed E-state index contributed by atoms with van der Waals surface area (Å²) in [6.45, 7) is 0. The third-order valence-electron chi connectivity index (χ3n) is 4.25. The molecule has 0 aromatic rings. The lowest BCUT2D eigenvalue weighted by Crippen LogP contribution is -2.45. The van der Waals surface area contributed by atoms with Gasteiger partial charge in [-0.3, -0.25) is 0 Å². The summed E-state index contributed by atoms with van der Waals surface area (Å²) in [4.78, 5) is 2.37. The zero-order chi connectivity index (χ0) is 10.1. The zero-order valence-corrected chi connectivity index (χ0v) is 9.45. The second-order valence-corrected chi connectivity index (χ2v) is 5.35. The first-order valence-electron chi connectivity index (χ1n) is 6.03. The number of hydrogen-bond acceptors (Lipinski definition) is 2. The highest BCUT2D eigenvalue weighted by molar-refractivity contribution is 4.91. The van der Waals surface area contributed by atoms with Crippen LogP contribution >= 0.6 is 0 Å². The third-order valence-corrected chi connectivity index (χ3v) is 4.25. The number of fused-ring (bicyclic) bond motifs is 1. The molecule has 4 atom stereocenters. The van der Waals surface area contributed by atoms with Gasteiger partial charge in [-0.05, 0) is 51.6 Å². The maximum absolute atomic E-state index is 9.73. The molecule has 0 radical (unpaired) electrons. The number of aliphatic hydroxyl groups is 1. The predicted molar refractivity (Wildman–Crippen MR) is 58.2 cm³/mol.